The predicted octanol–water partition coefficient (Wildman–Crippen LogP) is 3.76. The normalized spacial score (nSPS) is 10.5. The minimum absolute atomic E-state index is 0.151. The number of esters is 1. The van der Waals surface area contributed by atoms with Gasteiger partial charge in [0.15, 0.2) is 5.13 Å². The van der Waals surface area contributed by atoms with Crippen LogP contribution in [0.1, 0.15) is 46.3 Å². The number of methoxy groups -OCH3 is 1. The summed E-state index contributed by atoms with van der Waals surface area (Å²) in [5, 5.41) is 3.15. The predicted molar refractivity (Wildman–Crippen MR) is 95.6 cm³/mol. The second-order valence-corrected chi connectivity index (χ2v) is 6.57. The highest BCUT2D eigenvalue weighted by Crippen LogP contribution is 2.23. The second-order valence-electron chi connectivity index (χ2n) is 5.57. The number of benzene rings is 1. The average molecular weight is 346 g/mol. The van der Waals surface area contributed by atoms with Gasteiger partial charge >= 0.3 is 5.97 Å². The molecule has 1 N–H and O–H groups in total. The molecule has 1 amide bonds. The molecule has 1 aromatic carbocycles. The third-order valence-corrected chi connectivity index (χ3v) is 4.67. The largest absolute Gasteiger partial charge is 0.465 e. The molecule has 1 aromatic heterocycles. The molecule has 0 saturated carbocycles. The minimum Gasteiger partial charge on any atom is -0.465 e. The van der Waals surface area contributed by atoms with E-state index in [0.29, 0.717) is 15.7 Å². The molecule has 0 saturated heterocycles. The number of nitrogens with zero attached hydrogens (tertiary/aromatic N) is 1. The molecule has 128 valence electrons. The Kier molecular flexibility index (Phi) is 6.49. The van der Waals surface area contributed by atoms with Gasteiger partial charge in [0, 0.05) is 0 Å². The summed E-state index contributed by atoms with van der Waals surface area (Å²) < 4.78 is 4.69. The van der Waals surface area contributed by atoms with Gasteiger partial charge in [0.25, 0.3) is 0 Å². The summed E-state index contributed by atoms with van der Waals surface area (Å²) in [5.74, 6) is -0.588. The van der Waals surface area contributed by atoms with Gasteiger partial charge in [-0.05, 0) is 30.9 Å². The topological polar surface area (TPSA) is 68.3 Å². The average Bonchev–Trinajstić information content (AvgIpc) is 2.93. The summed E-state index contributed by atoms with van der Waals surface area (Å²) in [7, 11) is 1.32. The fraction of sp³-hybridized carbons (Fsp3) is 0.389. The van der Waals surface area contributed by atoms with Gasteiger partial charge in [0.05, 0.1) is 19.2 Å². The molecule has 1 heterocycles. The number of unbranched alkanes of at least 4 members (excludes halogenated alkanes) is 1. The monoisotopic (exact) mass is 346 g/mol. The van der Waals surface area contributed by atoms with Gasteiger partial charge in [0.2, 0.25) is 5.91 Å². The first-order valence-corrected chi connectivity index (χ1v) is 8.78. The number of aryl methyl sites for hydroxylation is 2. The molecule has 0 aliphatic rings. The summed E-state index contributed by atoms with van der Waals surface area (Å²) in [6.45, 7) is 3.89. The van der Waals surface area contributed by atoms with E-state index >= 15 is 0 Å². The van der Waals surface area contributed by atoms with Crippen molar-refractivity contribution in [3.8, 4) is 0 Å². The highest BCUT2D eigenvalue weighted by molar-refractivity contribution is 7.17. The fourth-order valence-electron chi connectivity index (χ4n) is 2.29. The van der Waals surface area contributed by atoms with Crippen LogP contribution in [-0.2, 0) is 22.4 Å². The highest BCUT2D eigenvalue weighted by atomic mass is 32.1. The zero-order valence-corrected chi connectivity index (χ0v) is 15.0. The van der Waals surface area contributed by atoms with Gasteiger partial charge in [-0.3, -0.25) is 4.79 Å². The lowest BCUT2D eigenvalue weighted by Crippen LogP contribution is -2.14. The van der Waals surface area contributed by atoms with E-state index in [1.54, 1.807) is 6.92 Å². The number of carbonyl (C=O) groups excluding carboxylic acids is 2. The van der Waals surface area contributed by atoms with Gasteiger partial charge < -0.3 is 10.1 Å². The van der Waals surface area contributed by atoms with Crippen LogP contribution in [0.5, 0.6) is 0 Å². The summed E-state index contributed by atoms with van der Waals surface area (Å²) in [5.41, 5.74) is 2.80. The Balaban J connectivity index is 1.94. The molecule has 24 heavy (non-hydrogen) atoms. The maximum Gasteiger partial charge on any atom is 0.350 e. The van der Waals surface area contributed by atoms with Crippen LogP contribution in [0.4, 0.5) is 5.13 Å². The summed E-state index contributed by atoms with van der Waals surface area (Å²) in [6, 6.07) is 8.11. The Morgan fingerprint density at radius 2 is 1.88 bits per heavy atom. The molecule has 0 atom stereocenters. The molecule has 5 nitrogen and oxygen atoms in total. The van der Waals surface area contributed by atoms with E-state index in [2.05, 4.69) is 34.1 Å². The molecule has 0 aliphatic heterocycles. The second kappa shape index (κ2) is 8.59. The third-order valence-electron chi connectivity index (χ3n) is 3.62. The van der Waals surface area contributed by atoms with Crippen LogP contribution >= 0.6 is 11.3 Å². The van der Waals surface area contributed by atoms with E-state index in [4.69, 9.17) is 0 Å². The fourth-order valence-corrected chi connectivity index (χ4v) is 3.19. The Labute approximate surface area is 146 Å². The molecule has 2 rings (SSSR count). The van der Waals surface area contributed by atoms with Crippen molar-refractivity contribution in [2.24, 2.45) is 0 Å². The van der Waals surface area contributed by atoms with E-state index in [9.17, 15) is 9.59 Å². The maximum absolute atomic E-state index is 12.1. The number of amides is 1. The number of ether oxygens (including phenoxy) is 1. The molecule has 0 radical (unpaired) electrons. The molecular weight excluding hydrogens is 324 g/mol. The molecular formula is C18H22N2O3S. The standard InChI is InChI=1S/C18H22N2O3S/c1-4-5-6-13-7-9-14(10-8-13)11-15(21)20-18-19-12(2)16(24-18)17(22)23-3/h7-10H,4-6,11H2,1-3H3,(H,19,20,21). The number of nitrogens with one attached hydrogen (secondary N) is 1. The van der Waals surface area contributed by atoms with Crippen molar-refractivity contribution in [2.45, 2.75) is 39.5 Å². The number of rotatable bonds is 7. The minimum atomic E-state index is -0.437. The van der Waals surface area contributed by atoms with Crippen molar-refractivity contribution in [3.63, 3.8) is 0 Å². The van der Waals surface area contributed by atoms with Crippen LogP contribution in [-0.4, -0.2) is 24.0 Å². The van der Waals surface area contributed by atoms with Gasteiger partial charge in [0.1, 0.15) is 4.88 Å². The van der Waals surface area contributed by atoms with Crippen molar-refractivity contribution < 1.29 is 14.3 Å². The van der Waals surface area contributed by atoms with Crippen LogP contribution in [0, 0.1) is 6.92 Å². The van der Waals surface area contributed by atoms with Crippen LogP contribution in [0.3, 0.4) is 0 Å². The Morgan fingerprint density at radius 1 is 1.21 bits per heavy atom. The lowest BCUT2D eigenvalue weighted by atomic mass is 10.0. The van der Waals surface area contributed by atoms with Crippen LogP contribution < -0.4 is 5.32 Å². The van der Waals surface area contributed by atoms with Crippen molar-refractivity contribution in [1.29, 1.82) is 0 Å². The first-order valence-electron chi connectivity index (χ1n) is 7.97. The number of thiazole rings is 1. The van der Waals surface area contributed by atoms with E-state index in [1.807, 2.05) is 12.1 Å². The first kappa shape index (κ1) is 18.1. The summed E-state index contributed by atoms with van der Waals surface area (Å²) in [4.78, 5) is 28.3. The molecule has 2 aromatic rings. The van der Waals surface area contributed by atoms with Crippen molar-refractivity contribution >= 4 is 28.3 Å². The van der Waals surface area contributed by atoms with E-state index < -0.39 is 5.97 Å². The number of anilines is 1. The van der Waals surface area contributed by atoms with Gasteiger partial charge in [-0.1, -0.05) is 48.9 Å². The van der Waals surface area contributed by atoms with Crippen LogP contribution in [0.25, 0.3) is 0 Å². The number of carbonyl (C=O) groups is 2. The molecule has 0 unspecified atom stereocenters. The Bertz CT molecular complexity index is 708. The maximum atomic E-state index is 12.1. The van der Waals surface area contributed by atoms with Crippen molar-refractivity contribution in [2.75, 3.05) is 12.4 Å². The van der Waals surface area contributed by atoms with Gasteiger partial charge in [-0.25, -0.2) is 9.78 Å². The molecule has 0 fully saturated rings. The number of hydrogen-bond donors (Lipinski definition) is 1. The van der Waals surface area contributed by atoms with Gasteiger partial charge in [-0.15, -0.1) is 0 Å². The van der Waals surface area contributed by atoms with Crippen LogP contribution in [0.2, 0.25) is 0 Å². The summed E-state index contributed by atoms with van der Waals surface area (Å²) >= 11 is 1.13. The van der Waals surface area contributed by atoms with Crippen molar-refractivity contribution in [1.82, 2.24) is 4.98 Å². The zero-order valence-electron chi connectivity index (χ0n) is 14.2. The Hall–Kier alpha value is -2.21. The SMILES string of the molecule is CCCCc1ccc(CC(=O)Nc2nc(C)c(C(=O)OC)s2)cc1. The lowest BCUT2D eigenvalue weighted by Gasteiger charge is -2.04. The number of aromatic nitrogens is 1. The molecule has 0 aliphatic carbocycles. The van der Waals surface area contributed by atoms with Crippen LogP contribution in [0.15, 0.2) is 24.3 Å². The highest BCUT2D eigenvalue weighted by Gasteiger charge is 2.16. The van der Waals surface area contributed by atoms with Gasteiger partial charge in [-0.2, -0.15) is 0 Å². The van der Waals surface area contributed by atoms with E-state index in [1.165, 1.54) is 25.5 Å². The molecule has 0 bridgehead atoms. The molecule has 0 spiro atoms. The van der Waals surface area contributed by atoms with Crippen molar-refractivity contribution in [3.05, 3.63) is 46.0 Å². The van der Waals surface area contributed by atoms with E-state index in [-0.39, 0.29) is 12.3 Å². The zero-order chi connectivity index (χ0) is 17.5. The lowest BCUT2D eigenvalue weighted by molar-refractivity contribution is -0.115. The smallest absolute Gasteiger partial charge is 0.350 e. The number of hydrogen-bond acceptors (Lipinski definition) is 5. The Morgan fingerprint density at radius 3 is 2.50 bits per heavy atom. The summed E-state index contributed by atoms with van der Waals surface area (Å²) in [6.07, 6.45) is 3.69. The third kappa shape index (κ3) is 4.89. The first-order chi connectivity index (χ1) is 11.5. The molecule has 6 heteroatoms. The quantitative estimate of drug-likeness (QED) is 0.775. The van der Waals surface area contributed by atoms with E-state index in [0.717, 1.165) is 23.3 Å².